The molecule has 13 heavy (non-hydrogen) atoms. The van der Waals surface area contributed by atoms with Gasteiger partial charge in [-0.3, -0.25) is 0 Å². The van der Waals surface area contributed by atoms with Gasteiger partial charge in [-0.1, -0.05) is 6.07 Å². The number of rotatable bonds is 3. The number of aliphatic carboxylic acids is 1. The van der Waals surface area contributed by atoms with E-state index in [1.54, 1.807) is 18.2 Å². The summed E-state index contributed by atoms with van der Waals surface area (Å²) >= 11 is 0. The lowest BCUT2D eigenvalue weighted by molar-refractivity contribution is -0.131. The van der Waals surface area contributed by atoms with E-state index in [2.05, 4.69) is 10.4 Å². The molecule has 0 aromatic carbocycles. The maximum absolute atomic E-state index is 10.2. The SMILES string of the molecule is NNc1cccc(C=CC(=O)O)n1. The fourth-order valence-electron chi connectivity index (χ4n) is 0.781. The Bertz CT molecular complexity index is 336. The van der Waals surface area contributed by atoms with Crippen molar-refractivity contribution in [1.29, 1.82) is 0 Å². The van der Waals surface area contributed by atoms with Crippen molar-refractivity contribution in [2.75, 3.05) is 5.43 Å². The number of anilines is 1. The van der Waals surface area contributed by atoms with Gasteiger partial charge in [-0.2, -0.15) is 0 Å². The van der Waals surface area contributed by atoms with Gasteiger partial charge in [0.05, 0.1) is 5.69 Å². The average Bonchev–Trinajstić information content (AvgIpc) is 2.15. The van der Waals surface area contributed by atoms with Crippen LogP contribution < -0.4 is 11.3 Å². The molecule has 0 aliphatic heterocycles. The molecule has 4 N–H and O–H groups in total. The van der Waals surface area contributed by atoms with Crippen molar-refractivity contribution >= 4 is 17.9 Å². The Morgan fingerprint density at radius 3 is 3.00 bits per heavy atom. The summed E-state index contributed by atoms with van der Waals surface area (Å²) in [4.78, 5) is 14.1. The number of hydrogen-bond donors (Lipinski definition) is 3. The van der Waals surface area contributed by atoms with Crippen LogP contribution >= 0.6 is 0 Å². The average molecular weight is 179 g/mol. The summed E-state index contributed by atoms with van der Waals surface area (Å²) in [7, 11) is 0. The Balaban J connectivity index is 2.83. The van der Waals surface area contributed by atoms with E-state index >= 15 is 0 Å². The second kappa shape index (κ2) is 4.22. The zero-order valence-electron chi connectivity index (χ0n) is 6.77. The van der Waals surface area contributed by atoms with Crippen molar-refractivity contribution < 1.29 is 9.90 Å². The highest BCUT2D eigenvalue weighted by Gasteiger charge is 1.92. The zero-order valence-corrected chi connectivity index (χ0v) is 6.77. The van der Waals surface area contributed by atoms with Crippen molar-refractivity contribution in [3.63, 3.8) is 0 Å². The van der Waals surface area contributed by atoms with Crippen LogP contribution in [-0.2, 0) is 4.79 Å². The van der Waals surface area contributed by atoms with Gasteiger partial charge in [0.2, 0.25) is 0 Å². The lowest BCUT2D eigenvalue weighted by Gasteiger charge is -1.98. The molecule has 0 fully saturated rings. The molecular weight excluding hydrogens is 170 g/mol. The first-order chi connectivity index (χ1) is 6.22. The third-order valence-corrected chi connectivity index (χ3v) is 1.32. The molecule has 1 heterocycles. The van der Waals surface area contributed by atoms with Gasteiger partial charge in [-0.15, -0.1) is 0 Å². The molecule has 0 radical (unpaired) electrons. The summed E-state index contributed by atoms with van der Waals surface area (Å²) in [5.41, 5.74) is 2.90. The summed E-state index contributed by atoms with van der Waals surface area (Å²) in [5, 5.41) is 8.35. The van der Waals surface area contributed by atoms with E-state index < -0.39 is 5.97 Å². The third kappa shape index (κ3) is 2.92. The topological polar surface area (TPSA) is 88.2 Å². The molecule has 0 unspecified atom stereocenters. The number of aromatic nitrogens is 1. The summed E-state index contributed by atoms with van der Waals surface area (Å²) < 4.78 is 0. The largest absolute Gasteiger partial charge is 0.478 e. The predicted octanol–water partition coefficient (Wildman–Crippen LogP) is 0.465. The molecule has 1 aromatic rings. The molecule has 5 nitrogen and oxygen atoms in total. The second-order valence-electron chi connectivity index (χ2n) is 2.26. The lowest BCUT2D eigenvalue weighted by atomic mass is 10.3. The van der Waals surface area contributed by atoms with E-state index in [0.29, 0.717) is 11.5 Å². The van der Waals surface area contributed by atoms with Crippen molar-refractivity contribution in [3.8, 4) is 0 Å². The molecule has 1 rings (SSSR count). The fraction of sp³-hybridized carbons (Fsp3) is 0. The number of hydrazine groups is 1. The first-order valence-electron chi connectivity index (χ1n) is 3.57. The highest BCUT2D eigenvalue weighted by atomic mass is 16.4. The standard InChI is InChI=1S/C8H9N3O2/c9-11-7-3-1-2-6(10-7)4-5-8(12)13/h1-5H,9H2,(H,10,11)(H,12,13). The fourth-order valence-corrected chi connectivity index (χ4v) is 0.781. The summed E-state index contributed by atoms with van der Waals surface area (Å²) in [5.74, 6) is 4.61. The normalized spacial score (nSPS) is 10.2. The Labute approximate surface area is 74.9 Å². The number of nitrogens with two attached hydrogens (primary N) is 1. The number of carbonyl (C=O) groups is 1. The molecule has 1 aromatic heterocycles. The van der Waals surface area contributed by atoms with E-state index in [0.717, 1.165) is 6.08 Å². The van der Waals surface area contributed by atoms with E-state index in [4.69, 9.17) is 10.9 Å². The Morgan fingerprint density at radius 1 is 1.62 bits per heavy atom. The van der Waals surface area contributed by atoms with Gasteiger partial charge in [0.25, 0.3) is 0 Å². The summed E-state index contributed by atoms with van der Waals surface area (Å²) in [6.07, 6.45) is 2.41. The van der Waals surface area contributed by atoms with Crippen LogP contribution in [0.25, 0.3) is 6.08 Å². The molecule has 68 valence electrons. The van der Waals surface area contributed by atoms with Crippen LogP contribution in [0.1, 0.15) is 5.69 Å². The van der Waals surface area contributed by atoms with E-state index in [-0.39, 0.29) is 0 Å². The van der Waals surface area contributed by atoms with Crippen LogP contribution in [-0.4, -0.2) is 16.1 Å². The van der Waals surface area contributed by atoms with Gasteiger partial charge in [-0.05, 0) is 18.2 Å². The van der Waals surface area contributed by atoms with Crippen LogP contribution in [0.3, 0.4) is 0 Å². The van der Waals surface area contributed by atoms with Crippen LogP contribution in [0.4, 0.5) is 5.82 Å². The van der Waals surface area contributed by atoms with E-state index in [9.17, 15) is 4.79 Å². The number of nitrogens with one attached hydrogen (secondary N) is 1. The molecule has 0 saturated heterocycles. The molecule has 5 heteroatoms. The Kier molecular flexibility index (Phi) is 2.99. The van der Waals surface area contributed by atoms with Gasteiger partial charge in [0, 0.05) is 6.08 Å². The third-order valence-electron chi connectivity index (χ3n) is 1.32. The molecule has 0 aliphatic rings. The summed E-state index contributed by atoms with van der Waals surface area (Å²) in [6.45, 7) is 0. The van der Waals surface area contributed by atoms with Crippen molar-refractivity contribution in [2.24, 2.45) is 5.84 Å². The first-order valence-corrected chi connectivity index (χ1v) is 3.57. The van der Waals surface area contributed by atoms with E-state index in [1.165, 1.54) is 6.08 Å². The number of carboxylic acid groups (broad SMARTS) is 1. The Morgan fingerprint density at radius 2 is 2.38 bits per heavy atom. The number of nitrogens with zero attached hydrogens (tertiary/aromatic N) is 1. The maximum atomic E-state index is 10.2. The number of pyridine rings is 1. The molecule has 0 atom stereocenters. The first kappa shape index (κ1) is 9.21. The van der Waals surface area contributed by atoms with Crippen LogP contribution in [0.15, 0.2) is 24.3 Å². The quantitative estimate of drug-likeness (QED) is 0.356. The highest BCUT2D eigenvalue weighted by molar-refractivity contribution is 5.84. The number of nitrogen functional groups attached to an aromatic ring is 1. The second-order valence-corrected chi connectivity index (χ2v) is 2.26. The molecule has 0 amide bonds. The lowest BCUT2D eigenvalue weighted by Crippen LogP contribution is -2.08. The van der Waals surface area contributed by atoms with Crippen molar-refractivity contribution in [2.45, 2.75) is 0 Å². The maximum Gasteiger partial charge on any atom is 0.328 e. The van der Waals surface area contributed by atoms with Crippen molar-refractivity contribution in [3.05, 3.63) is 30.0 Å². The van der Waals surface area contributed by atoms with Crippen LogP contribution in [0.2, 0.25) is 0 Å². The number of carboxylic acids is 1. The minimum Gasteiger partial charge on any atom is -0.478 e. The minimum absolute atomic E-state index is 0.493. The zero-order chi connectivity index (χ0) is 9.68. The van der Waals surface area contributed by atoms with Crippen LogP contribution in [0, 0.1) is 0 Å². The van der Waals surface area contributed by atoms with Crippen molar-refractivity contribution in [1.82, 2.24) is 4.98 Å². The van der Waals surface area contributed by atoms with Crippen LogP contribution in [0.5, 0.6) is 0 Å². The number of hydrogen-bond acceptors (Lipinski definition) is 4. The van der Waals surface area contributed by atoms with Gasteiger partial charge in [0.1, 0.15) is 5.82 Å². The van der Waals surface area contributed by atoms with Gasteiger partial charge >= 0.3 is 5.97 Å². The molecule has 0 saturated carbocycles. The van der Waals surface area contributed by atoms with Gasteiger partial charge in [0.15, 0.2) is 0 Å². The molecular formula is C8H9N3O2. The smallest absolute Gasteiger partial charge is 0.328 e. The molecule has 0 bridgehead atoms. The highest BCUT2D eigenvalue weighted by Crippen LogP contribution is 2.04. The Hall–Kier alpha value is -1.88. The monoisotopic (exact) mass is 179 g/mol. The minimum atomic E-state index is -1.01. The molecule has 0 aliphatic carbocycles. The van der Waals surface area contributed by atoms with Gasteiger partial charge < -0.3 is 10.5 Å². The predicted molar refractivity (Wildman–Crippen MR) is 48.7 cm³/mol. The van der Waals surface area contributed by atoms with E-state index in [1.807, 2.05) is 0 Å². The molecule has 0 spiro atoms. The van der Waals surface area contributed by atoms with Gasteiger partial charge in [-0.25, -0.2) is 15.6 Å². The summed E-state index contributed by atoms with van der Waals surface area (Å²) in [6, 6.07) is 5.09.